The third-order valence-electron chi connectivity index (χ3n) is 2.15. The first-order chi connectivity index (χ1) is 7.19. The molecule has 0 radical (unpaired) electrons. The summed E-state index contributed by atoms with van der Waals surface area (Å²) in [4.78, 5) is 15.5. The molecule has 0 aromatic carbocycles. The molecule has 0 bridgehead atoms. The summed E-state index contributed by atoms with van der Waals surface area (Å²) >= 11 is 0. The molecule has 5 N–H and O–H groups in total. The number of nitrogens with two attached hydrogens (primary N) is 2. The van der Waals surface area contributed by atoms with E-state index in [0.29, 0.717) is 23.5 Å². The number of unbranched alkanes of at least 4 members (excludes halogenated alkanes) is 1. The summed E-state index contributed by atoms with van der Waals surface area (Å²) in [5, 5.41) is 0. The molecule has 0 atom stereocenters. The Balaban J connectivity index is 2.81. The van der Waals surface area contributed by atoms with Gasteiger partial charge in [0.25, 0.3) is 0 Å². The number of Topliss-reactive ketones (excluding diaryl/α,β-unsaturated/α-hetero) is 1. The Morgan fingerprint density at radius 1 is 1.60 bits per heavy atom. The first-order valence-electron chi connectivity index (χ1n) is 4.94. The van der Waals surface area contributed by atoms with Crippen molar-refractivity contribution in [2.75, 3.05) is 11.2 Å². The van der Waals surface area contributed by atoms with Crippen LogP contribution in [-0.4, -0.2) is 10.8 Å². The molecule has 0 saturated carbocycles. The van der Waals surface area contributed by atoms with E-state index < -0.39 is 0 Å². The number of rotatable bonds is 5. The molecule has 1 aromatic rings. The van der Waals surface area contributed by atoms with E-state index in [1.54, 1.807) is 6.07 Å². The normalized spacial score (nSPS) is 10.0. The lowest BCUT2D eigenvalue weighted by Gasteiger charge is -2.05. The number of pyridine rings is 1. The van der Waals surface area contributed by atoms with Crippen molar-refractivity contribution in [3.8, 4) is 0 Å². The van der Waals surface area contributed by atoms with Crippen LogP contribution in [0.4, 0.5) is 11.5 Å². The highest BCUT2D eigenvalue weighted by Crippen LogP contribution is 2.17. The highest BCUT2D eigenvalue weighted by molar-refractivity contribution is 5.97. The van der Waals surface area contributed by atoms with Crippen LogP contribution in [0.5, 0.6) is 0 Å². The summed E-state index contributed by atoms with van der Waals surface area (Å²) in [5.74, 6) is 5.60. The Hall–Kier alpha value is -1.62. The molecule has 5 nitrogen and oxygen atoms in total. The van der Waals surface area contributed by atoms with Crippen molar-refractivity contribution < 1.29 is 4.79 Å². The molecule has 82 valence electrons. The second kappa shape index (κ2) is 5.31. The fraction of sp³-hybridized carbons (Fsp3) is 0.400. The summed E-state index contributed by atoms with van der Waals surface area (Å²) in [6, 6.07) is 1.63. The number of carbonyl (C=O) groups is 1. The molecule has 1 aromatic heterocycles. The van der Waals surface area contributed by atoms with E-state index in [1.165, 1.54) is 6.20 Å². The monoisotopic (exact) mass is 208 g/mol. The molecule has 0 spiro atoms. The molecule has 0 unspecified atom stereocenters. The standard InChI is InChI=1S/C10H16N4O/c1-2-3-4-9(15)7-5-8(14-12)10(11)13-6-7/h5-6,14H,2-4,12H2,1H3,(H2,11,13). The Morgan fingerprint density at radius 3 is 2.93 bits per heavy atom. The lowest BCUT2D eigenvalue weighted by atomic mass is 10.1. The molecule has 5 heteroatoms. The number of aromatic nitrogens is 1. The van der Waals surface area contributed by atoms with Gasteiger partial charge in [0.05, 0.1) is 5.69 Å². The van der Waals surface area contributed by atoms with Crippen molar-refractivity contribution in [1.82, 2.24) is 4.98 Å². The van der Waals surface area contributed by atoms with Crippen molar-refractivity contribution in [2.24, 2.45) is 5.84 Å². The average molecular weight is 208 g/mol. The van der Waals surface area contributed by atoms with Crippen LogP contribution in [0, 0.1) is 0 Å². The Labute approximate surface area is 88.8 Å². The molecule has 0 amide bonds. The van der Waals surface area contributed by atoms with Crippen molar-refractivity contribution in [3.63, 3.8) is 0 Å². The Morgan fingerprint density at radius 2 is 2.33 bits per heavy atom. The number of nitrogen functional groups attached to an aromatic ring is 2. The van der Waals surface area contributed by atoms with Crippen molar-refractivity contribution in [2.45, 2.75) is 26.2 Å². The topological polar surface area (TPSA) is 94.0 Å². The van der Waals surface area contributed by atoms with Gasteiger partial charge in [-0.2, -0.15) is 0 Å². The fourth-order valence-corrected chi connectivity index (χ4v) is 1.23. The number of hydrazine groups is 1. The van der Waals surface area contributed by atoms with Crippen LogP contribution in [0.15, 0.2) is 12.3 Å². The van der Waals surface area contributed by atoms with Crippen LogP contribution in [0.2, 0.25) is 0 Å². The summed E-state index contributed by atoms with van der Waals surface area (Å²) in [7, 11) is 0. The van der Waals surface area contributed by atoms with Gasteiger partial charge >= 0.3 is 0 Å². The quantitative estimate of drug-likeness (QED) is 0.385. The molecule has 0 fully saturated rings. The molecule has 0 aliphatic carbocycles. The van der Waals surface area contributed by atoms with Crippen LogP contribution in [0.25, 0.3) is 0 Å². The van der Waals surface area contributed by atoms with Gasteiger partial charge in [-0.15, -0.1) is 0 Å². The molecule has 0 aliphatic heterocycles. The summed E-state index contributed by atoms with van der Waals surface area (Å²) in [6.07, 6.45) is 3.89. The SMILES string of the molecule is CCCCC(=O)c1cnc(N)c(NN)c1. The van der Waals surface area contributed by atoms with E-state index >= 15 is 0 Å². The fourth-order valence-electron chi connectivity index (χ4n) is 1.23. The van der Waals surface area contributed by atoms with E-state index in [2.05, 4.69) is 10.4 Å². The second-order valence-electron chi connectivity index (χ2n) is 3.33. The molecule has 15 heavy (non-hydrogen) atoms. The average Bonchev–Trinajstić information content (AvgIpc) is 2.26. The van der Waals surface area contributed by atoms with E-state index in [0.717, 1.165) is 12.8 Å². The maximum atomic E-state index is 11.6. The molecule has 0 aliphatic rings. The van der Waals surface area contributed by atoms with Gasteiger partial charge in [-0.1, -0.05) is 13.3 Å². The summed E-state index contributed by atoms with van der Waals surface area (Å²) in [5.41, 5.74) is 8.97. The summed E-state index contributed by atoms with van der Waals surface area (Å²) < 4.78 is 0. The zero-order valence-electron chi connectivity index (χ0n) is 8.79. The minimum absolute atomic E-state index is 0.0702. The molecule has 1 heterocycles. The van der Waals surface area contributed by atoms with Crippen LogP contribution in [0.1, 0.15) is 36.5 Å². The van der Waals surface area contributed by atoms with E-state index in [4.69, 9.17) is 11.6 Å². The van der Waals surface area contributed by atoms with Gasteiger partial charge in [-0.3, -0.25) is 10.6 Å². The lowest BCUT2D eigenvalue weighted by Crippen LogP contribution is -2.11. The second-order valence-corrected chi connectivity index (χ2v) is 3.33. The number of ketones is 1. The van der Waals surface area contributed by atoms with Gasteiger partial charge in [0, 0.05) is 18.2 Å². The molecular formula is C10H16N4O. The smallest absolute Gasteiger partial charge is 0.164 e. The minimum atomic E-state index is 0.0702. The van der Waals surface area contributed by atoms with E-state index in [9.17, 15) is 4.79 Å². The highest BCUT2D eigenvalue weighted by atomic mass is 16.1. The van der Waals surface area contributed by atoms with Crippen LogP contribution in [-0.2, 0) is 0 Å². The van der Waals surface area contributed by atoms with Gasteiger partial charge < -0.3 is 11.2 Å². The van der Waals surface area contributed by atoms with Crippen LogP contribution in [0.3, 0.4) is 0 Å². The first-order valence-corrected chi connectivity index (χ1v) is 4.94. The molecule has 1 rings (SSSR count). The maximum absolute atomic E-state index is 11.6. The number of nitrogens with zero attached hydrogens (tertiary/aromatic N) is 1. The predicted octanol–water partition coefficient (Wildman–Crippen LogP) is 1.32. The van der Waals surface area contributed by atoms with Crippen molar-refractivity contribution in [3.05, 3.63) is 17.8 Å². The molecule has 0 saturated heterocycles. The first kappa shape index (κ1) is 11.5. The van der Waals surface area contributed by atoms with Crippen molar-refractivity contribution >= 4 is 17.3 Å². The van der Waals surface area contributed by atoms with Gasteiger partial charge in [-0.25, -0.2) is 4.98 Å². The van der Waals surface area contributed by atoms with Gasteiger partial charge in [-0.05, 0) is 12.5 Å². The molecular weight excluding hydrogens is 192 g/mol. The number of hydrogen-bond donors (Lipinski definition) is 3. The number of hydrogen-bond acceptors (Lipinski definition) is 5. The Kier molecular flexibility index (Phi) is 4.05. The van der Waals surface area contributed by atoms with Gasteiger partial charge in [0.2, 0.25) is 0 Å². The highest BCUT2D eigenvalue weighted by Gasteiger charge is 2.08. The number of carbonyl (C=O) groups excluding carboxylic acids is 1. The van der Waals surface area contributed by atoms with Crippen LogP contribution >= 0.6 is 0 Å². The third kappa shape index (κ3) is 2.92. The third-order valence-corrected chi connectivity index (χ3v) is 2.15. The van der Waals surface area contributed by atoms with Crippen molar-refractivity contribution in [1.29, 1.82) is 0 Å². The van der Waals surface area contributed by atoms with Gasteiger partial charge in [0.1, 0.15) is 5.82 Å². The Bertz CT molecular complexity index is 351. The maximum Gasteiger partial charge on any atom is 0.164 e. The zero-order valence-corrected chi connectivity index (χ0v) is 8.79. The number of anilines is 2. The zero-order chi connectivity index (χ0) is 11.3. The van der Waals surface area contributed by atoms with E-state index in [-0.39, 0.29) is 5.78 Å². The van der Waals surface area contributed by atoms with E-state index in [1.807, 2.05) is 6.92 Å². The largest absolute Gasteiger partial charge is 0.382 e. The van der Waals surface area contributed by atoms with Gasteiger partial charge in [0.15, 0.2) is 5.78 Å². The lowest BCUT2D eigenvalue weighted by molar-refractivity contribution is 0.0979. The predicted molar refractivity (Wildman–Crippen MR) is 60.3 cm³/mol. The number of nitrogens with one attached hydrogen (secondary N) is 1. The minimum Gasteiger partial charge on any atom is -0.382 e. The summed E-state index contributed by atoms with van der Waals surface area (Å²) in [6.45, 7) is 2.04. The van der Waals surface area contributed by atoms with Crippen LogP contribution < -0.4 is 17.0 Å².